The van der Waals surface area contributed by atoms with Gasteiger partial charge in [0.15, 0.2) is 11.6 Å². The second kappa shape index (κ2) is 11.7. The van der Waals surface area contributed by atoms with Crippen LogP contribution in [0.15, 0.2) is 53.0 Å². The van der Waals surface area contributed by atoms with E-state index in [0.29, 0.717) is 43.9 Å². The van der Waals surface area contributed by atoms with E-state index in [1.54, 1.807) is 26.3 Å². The van der Waals surface area contributed by atoms with Gasteiger partial charge in [-0.1, -0.05) is 41.1 Å². The smallest absolute Gasteiger partial charge is 0.254 e. The summed E-state index contributed by atoms with van der Waals surface area (Å²) in [5, 5.41) is 7.82. The molecule has 1 spiro atoms. The molecule has 0 aromatic heterocycles. The zero-order chi connectivity index (χ0) is 28.4. The Hall–Kier alpha value is -3.21. The molecular weight excluding hydrogens is 581 g/mol. The number of rotatable bonds is 7. The molecule has 0 aliphatic carbocycles. The van der Waals surface area contributed by atoms with Gasteiger partial charge in [0.05, 0.1) is 38.6 Å². The van der Waals surface area contributed by atoms with Crippen molar-refractivity contribution in [3.05, 3.63) is 64.4 Å². The molecule has 2 amide bonds. The van der Waals surface area contributed by atoms with Gasteiger partial charge in [-0.15, -0.1) is 0 Å². The number of carbonyl (C=O) groups is 2. The Morgan fingerprint density at radius 3 is 2.70 bits per heavy atom. The van der Waals surface area contributed by atoms with E-state index in [0.717, 1.165) is 20.8 Å². The molecule has 8 nitrogen and oxygen atoms in total. The molecule has 0 unspecified atom stereocenters. The van der Waals surface area contributed by atoms with Crippen molar-refractivity contribution < 1.29 is 28.2 Å². The van der Waals surface area contributed by atoms with Crippen LogP contribution in [-0.2, 0) is 20.9 Å². The number of hydrogen-bond acceptors (Lipinski definition) is 6. The van der Waals surface area contributed by atoms with Crippen LogP contribution in [-0.4, -0.2) is 56.9 Å². The molecule has 2 N–H and O–H groups in total. The van der Waals surface area contributed by atoms with Crippen LogP contribution >= 0.6 is 15.9 Å². The maximum atomic E-state index is 15.5. The van der Waals surface area contributed by atoms with Crippen molar-refractivity contribution in [3.8, 4) is 11.5 Å². The van der Waals surface area contributed by atoms with Gasteiger partial charge < -0.3 is 29.7 Å². The number of para-hydroxylation sites is 1. The first kappa shape index (κ1) is 28.3. The highest BCUT2D eigenvalue weighted by Crippen LogP contribution is 2.44. The number of methoxy groups -OCH3 is 1. The Labute approximate surface area is 241 Å². The summed E-state index contributed by atoms with van der Waals surface area (Å²) in [5.41, 5.74) is -0.133. The van der Waals surface area contributed by atoms with Crippen molar-refractivity contribution >= 4 is 44.2 Å². The van der Waals surface area contributed by atoms with Crippen LogP contribution < -0.4 is 25.0 Å². The fourth-order valence-electron chi connectivity index (χ4n) is 5.66. The third-order valence-corrected chi connectivity index (χ3v) is 8.36. The molecule has 2 aliphatic rings. The number of hydrogen-bond donors (Lipinski definition) is 2. The highest BCUT2D eigenvalue weighted by molar-refractivity contribution is 9.10. The number of benzene rings is 3. The maximum Gasteiger partial charge on any atom is 0.254 e. The van der Waals surface area contributed by atoms with E-state index in [1.165, 1.54) is 11.0 Å². The molecule has 1 fully saturated rings. The largest absolute Gasteiger partial charge is 0.496 e. The van der Waals surface area contributed by atoms with E-state index in [1.807, 2.05) is 37.3 Å². The summed E-state index contributed by atoms with van der Waals surface area (Å²) in [4.78, 5) is 29.5. The molecule has 2 aliphatic heterocycles. The summed E-state index contributed by atoms with van der Waals surface area (Å²) in [7, 11) is 3.28. The summed E-state index contributed by atoms with van der Waals surface area (Å²) in [6.45, 7) is 2.60. The predicted octanol–water partition coefficient (Wildman–Crippen LogP) is 4.71. The van der Waals surface area contributed by atoms with Gasteiger partial charge in [0.25, 0.3) is 5.91 Å². The number of amides is 2. The number of fused-ring (bicyclic) bond motifs is 2. The van der Waals surface area contributed by atoms with Gasteiger partial charge in [-0.3, -0.25) is 9.59 Å². The molecule has 10 heteroatoms. The second-order valence-corrected chi connectivity index (χ2v) is 11.0. The van der Waals surface area contributed by atoms with Crippen molar-refractivity contribution in [2.45, 2.75) is 50.4 Å². The van der Waals surface area contributed by atoms with Gasteiger partial charge in [0.1, 0.15) is 17.4 Å². The Kier molecular flexibility index (Phi) is 8.30. The normalized spacial score (nSPS) is 19.1. The molecular formula is C30H33BrFN3O5. The molecule has 0 bridgehead atoms. The van der Waals surface area contributed by atoms with Gasteiger partial charge in [-0.25, -0.2) is 4.39 Å². The zero-order valence-electron chi connectivity index (χ0n) is 22.8. The molecule has 2 heterocycles. The topological polar surface area (TPSA) is 89.1 Å². The Balaban J connectivity index is 1.67. The molecule has 0 radical (unpaired) electrons. The van der Waals surface area contributed by atoms with Gasteiger partial charge in [-0.2, -0.15) is 0 Å². The minimum Gasteiger partial charge on any atom is -0.496 e. The number of ether oxygens (including phenoxy) is 3. The maximum absolute atomic E-state index is 15.5. The average Bonchev–Trinajstić information content (AvgIpc) is 3.04. The molecule has 1 saturated heterocycles. The number of likely N-dealkylation sites (N-methyl/N-ethyl adjacent to an activating group) is 1. The second-order valence-electron chi connectivity index (χ2n) is 10.1. The van der Waals surface area contributed by atoms with Crippen LogP contribution in [0, 0.1) is 5.82 Å². The van der Waals surface area contributed by atoms with Crippen molar-refractivity contribution in [1.82, 2.24) is 10.6 Å². The van der Waals surface area contributed by atoms with Crippen molar-refractivity contribution in [2.75, 3.05) is 32.3 Å². The van der Waals surface area contributed by atoms with Crippen LogP contribution in [0.4, 0.5) is 10.1 Å². The first-order valence-electron chi connectivity index (χ1n) is 13.4. The summed E-state index contributed by atoms with van der Waals surface area (Å²) < 4.78 is 34.2. The highest BCUT2D eigenvalue weighted by Gasteiger charge is 2.52. The van der Waals surface area contributed by atoms with Gasteiger partial charge in [0.2, 0.25) is 5.91 Å². The lowest BCUT2D eigenvalue weighted by Gasteiger charge is -2.41. The Morgan fingerprint density at radius 2 is 2.00 bits per heavy atom. The minimum absolute atomic E-state index is 0.0166. The number of nitrogens with one attached hydrogen (secondary N) is 2. The van der Waals surface area contributed by atoms with E-state index in [2.05, 4.69) is 26.6 Å². The molecule has 40 heavy (non-hydrogen) atoms. The molecule has 3 aromatic carbocycles. The van der Waals surface area contributed by atoms with Crippen molar-refractivity contribution in [2.24, 2.45) is 0 Å². The SMILES string of the molecule is CC[C@H](NC)C(=O)N[C@@H]1C(=O)N(Cc2c(OC)ccc3cc(Br)ccc23)c2cccc(F)c2OC12CCOCC2. The van der Waals surface area contributed by atoms with Gasteiger partial charge in [-0.05, 0) is 54.6 Å². The van der Waals surface area contributed by atoms with E-state index in [-0.39, 0.29) is 24.1 Å². The summed E-state index contributed by atoms with van der Waals surface area (Å²) in [6, 6.07) is 12.6. The van der Waals surface area contributed by atoms with Crippen LogP contribution in [0.25, 0.3) is 10.8 Å². The van der Waals surface area contributed by atoms with Crippen LogP contribution in [0.1, 0.15) is 31.7 Å². The molecule has 3 aromatic rings. The summed E-state index contributed by atoms with van der Waals surface area (Å²) in [5.74, 6) is -0.715. The number of anilines is 1. The Bertz CT molecular complexity index is 1420. The lowest BCUT2D eigenvalue weighted by Crippen LogP contribution is -2.65. The highest BCUT2D eigenvalue weighted by atomic mass is 79.9. The summed E-state index contributed by atoms with van der Waals surface area (Å²) in [6.07, 6.45) is 1.15. The number of carbonyl (C=O) groups excluding carboxylic acids is 2. The number of nitrogens with zero attached hydrogens (tertiary/aromatic N) is 1. The third kappa shape index (κ3) is 5.15. The zero-order valence-corrected chi connectivity index (χ0v) is 24.3. The average molecular weight is 615 g/mol. The van der Waals surface area contributed by atoms with Crippen LogP contribution in [0.2, 0.25) is 0 Å². The Morgan fingerprint density at radius 1 is 1.23 bits per heavy atom. The molecule has 5 rings (SSSR count). The fraction of sp³-hybridized carbons (Fsp3) is 0.400. The monoisotopic (exact) mass is 613 g/mol. The van der Waals surface area contributed by atoms with Crippen LogP contribution in [0.3, 0.4) is 0 Å². The van der Waals surface area contributed by atoms with Crippen LogP contribution in [0.5, 0.6) is 11.5 Å². The lowest BCUT2D eigenvalue weighted by molar-refractivity contribution is -0.138. The summed E-state index contributed by atoms with van der Waals surface area (Å²) >= 11 is 3.53. The minimum atomic E-state index is -1.18. The van der Waals surface area contributed by atoms with Crippen molar-refractivity contribution in [1.29, 1.82) is 0 Å². The molecule has 0 saturated carbocycles. The van der Waals surface area contributed by atoms with E-state index < -0.39 is 23.5 Å². The predicted molar refractivity (Wildman–Crippen MR) is 154 cm³/mol. The molecule has 2 atom stereocenters. The van der Waals surface area contributed by atoms with Gasteiger partial charge >= 0.3 is 0 Å². The number of halogens is 2. The standard InChI is InChI=1S/C30H33BrFN3O5/c1-4-23(33-2)28(36)34-27-29(37)35(17-21-20-10-9-19(31)16-18(20)8-11-25(21)38-3)24-7-5-6-22(32)26(24)40-30(27)12-14-39-15-13-30/h5-11,16,23,27,33H,4,12-15,17H2,1-3H3,(H,34,36)/t23-,27+/m0/s1. The van der Waals surface area contributed by atoms with E-state index in [4.69, 9.17) is 14.2 Å². The third-order valence-electron chi connectivity index (χ3n) is 7.87. The molecule has 212 valence electrons. The first-order chi connectivity index (χ1) is 19.3. The first-order valence-corrected chi connectivity index (χ1v) is 14.2. The van der Waals surface area contributed by atoms with E-state index >= 15 is 4.39 Å². The van der Waals surface area contributed by atoms with E-state index in [9.17, 15) is 9.59 Å². The quantitative estimate of drug-likeness (QED) is 0.401. The van der Waals surface area contributed by atoms with Crippen molar-refractivity contribution in [3.63, 3.8) is 0 Å². The lowest BCUT2D eigenvalue weighted by atomic mass is 9.84. The van der Waals surface area contributed by atoms with Gasteiger partial charge in [0, 0.05) is 22.9 Å². The fourth-order valence-corrected chi connectivity index (χ4v) is 6.04.